The largest absolute Gasteiger partial charge is 0.496 e. The van der Waals surface area contributed by atoms with Gasteiger partial charge in [-0.15, -0.1) is 11.3 Å². The SMILES string of the molecule is COc1ccc(C2CCN(CCS(C)(=O)=O)C2)cc1C(=O)Nc1c(C(=O)Nc2ccc(F)c(C(F)(F)F)c2)sc2cc(C(F)(F)F)ccc12. The Hall–Kier alpha value is -4.22. The second-order valence-corrected chi connectivity index (χ2v) is 14.8. The number of fused-ring (bicyclic) bond motifs is 1. The summed E-state index contributed by atoms with van der Waals surface area (Å²) < 4.78 is 123. The lowest BCUT2D eigenvalue weighted by Crippen LogP contribution is -2.26. The van der Waals surface area contributed by atoms with Gasteiger partial charge in [-0.2, -0.15) is 26.3 Å². The van der Waals surface area contributed by atoms with Gasteiger partial charge in [-0.3, -0.25) is 9.59 Å². The molecule has 4 aromatic rings. The average molecular weight is 732 g/mol. The molecule has 8 nitrogen and oxygen atoms in total. The Kier molecular flexibility index (Phi) is 10.0. The first-order valence-electron chi connectivity index (χ1n) is 14.5. The molecule has 49 heavy (non-hydrogen) atoms. The molecular weight excluding hydrogens is 703 g/mol. The second-order valence-electron chi connectivity index (χ2n) is 11.5. The average Bonchev–Trinajstić information content (AvgIpc) is 3.64. The van der Waals surface area contributed by atoms with Gasteiger partial charge in [-0.05, 0) is 66.9 Å². The van der Waals surface area contributed by atoms with E-state index >= 15 is 0 Å². The molecule has 3 aromatic carbocycles. The maximum Gasteiger partial charge on any atom is 0.419 e. The number of carbonyl (C=O) groups excluding carboxylic acids is 2. The minimum atomic E-state index is -5.07. The third kappa shape index (κ3) is 8.33. The summed E-state index contributed by atoms with van der Waals surface area (Å²) >= 11 is 0.569. The van der Waals surface area contributed by atoms with E-state index in [1.54, 1.807) is 18.2 Å². The van der Waals surface area contributed by atoms with Gasteiger partial charge in [0, 0.05) is 35.1 Å². The van der Waals surface area contributed by atoms with E-state index in [0.29, 0.717) is 49.5 Å². The molecule has 1 unspecified atom stereocenters. The summed E-state index contributed by atoms with van der Waals surface area (Å²) in [5.74, 6) is -3.35. The number of alkyl halides is 6. The highest BCUT2D eigenvalue weighted by Gasteiger charge is 2.35. The van der Waals surface area contributed by atoms with Gasteiger partial charge >= 0.3 is 12.4 Å². The van der Waals surface area contributed by atoms with E-state index in [9.17, 15) is 48.7 Å². The number of hydrogen-bond acceptors (Lipinski definition) is 7. The third-order valence-corrected chi connectivity index (χ3v) is 10.1. The van der Waals surface area contributed by atoms with Gasteiger partial charge in [-0.1, -0.05) is 12.1 Å². The molecule has 0 aliphatic carbocycles. The predicted molar refractivity (Wildman–Crippen MR) is 171 cm³/mol. The van der Waals surface area contributed by atoms with Gasteiger partial charge < -0.3 is 20.3 Å². The first-order valence-corrected chi connectivity index (χ1v) is 17.4. The maximum atomic E-state index is 13.8. The molecule has 1 saturated heterocycles. The van der Waals surface area contributed by atoms with E-state index < -0.39 is 56.6 Å². The van der Waals surface area contributed by atoms with Crippen LogP contribution in [0, 0.1) is 5.82 Å². The molecule has 1 aliphatic rings. The number of anilines is 2. The standard InChI is InChI=1S/C32H28F7N3O5S2/c1-47-25-8-3-17(18-9-10-42(16-18)11-12-49(2,45)46)13-22(25)29(43)41-27-21-6-4-19(31(34,35)36)14-26(21)48-28(27)30(44)40-20-5-7-24(33)23(15-20)32(37,38)39/h3-8,13-15,18H,9-12,16H2,1-2H3,(H,40,44)(H,41,43). The number of sulfone groups is 1. The smallest absolute Gasteiger partial charge is 0.419 e. The number of halogens is 7. The molecule has 0 bridgehead atoms. The number of rotatable bonds is 9. The van der Waals surface area contributed by atoms with E-state index in [4.69, 9.17) is 4.74 Å². The van der Waals surface area contributed by atoms with Gasteiger partial charge in [0.1, 0.15) is 26.3 Å². The predicted octanol–water partition coefficient (Wildman–Crippen LogP) is 7.43. The Balaban J connectivity index is 1.48. The minimum Gasteiger partial charge on any atom is -0.496 e. The molecule has 17 heteroatoms. The molecule has 262 valence electrons. The lowest BCUT2D eigenvalue weighted by Gasteiger charge is -2.17. The highest BCUT2D eigenvalue weighted by atomic mass is 32.2. The summed E-state index contributed by atoms with van der Waals surface area (Å²) in [5, 5.41) is 4.86. The first-order chi connectivity index (χ1) is 22.8. The number of thiophene rings is 1. The van der Waals surface area contributed by atoms with Crippen LogP contribution in [-0.4, -0.2) is 63.9 Å². The number of likely N-dealkylation sites (tertiary alicyclic amines) is 1. The number of nitrogens with zero attached hydrogens (tertiary/aromatic N) is 1. The van der Waals surface area contributed by atoms with Crippen LogP contribution in [-0.2, 0) is 22.2 Å². The Morgan fingerprint density at radius 2 is 1.69 bits per heavy atom. The summed E-state index contributed by atoms with van der Waals surface area (Å²) in [5.41, 5.74) is -2.54. The summed E-state index contributed by atoms with van der Waals surface area (Å²) in [6.45, 7) is 1.51. The zero-order valence-corrected chi connectivity index (χ0v) is 27.4. The van der Waals surface area contributed by atoms with Crippen molar-refractivity contribution in [1.29, 1.82) is 0 Å². The van der Waals surface area contributed by atoms with Crippen molar-refractivity contribution in [2.24, 2.45) is 0 Å². The molecule has 1 fully saturated rings. The fraction of sp³-hybridized carbons (Fsp3) is 0.312. The molecular formula is C32H28F7N3O5S2. The van der Waals surface area contributed by atoms with Crippen LogP contribution in [0.4, 0.5) is 42.1 Å². The number of methoxy groups -OCH3 is 1. The number of benzene rings is 3. The van der Waals surface area contributed by atoms with Crippen LogP contribution < -0.4 is 15.4 Å². The minimum absolute atomic E-state index is 0.00435. The Morgan fingerprint density at radius 1 is 0.959 bits per heavy atom. The van der Waals surface area contributed by atoms with Crippen molar-refractivity contribution in [1.82, 2.24) is 4.90 Å². The third-order valence-electron chi connectivity index (χ3n) is 7.98. The number of hydrogen-bond donors (Lipinski definition) is 2. The van der Waals surface area contributed by atoms with Crippen LogP contribution in [0.15, 0.2) is 54.6 Å². The Labute approximate surface area is 279 Å². The summed E-state index contributed by atoms with van der Waals surface area (Å²) in [4.78, 5) is 28.9. The number of amides is 2. The molecule has 1 aromatic heterocycles. The normalized spacial score (nSPS) is 15.8. The topological polar surface area (TPSA) is 105 Å². The summed E-state index contributed by atoms with van der Waals surface area (Å²) in [6, 6.07) is 9.28. The first kappa shape index (κ1) is 36.1. The van der Waals surface area contributed by atoms with Gasteiger partial charge in [0.25, 0.3) is 11.8 Å². The van der Waals surface area contributed by atoms with Crippen molar-refractivity contribution in [2.45, 2.75) is 24.7 Å². The lowest BCUT2D eigenvalue weighted by molar-refractivity contribution is -0.140. The maximum absolute atomic E-state index is 13.8. The van der Waals surface area contributed by atoms with Crippen molar-refractivity contribution >= 4 is 54.4 Å². The van der Waals surface area contributed by atoms with E-state index in [-0.39, 0.29) is 43.6 Å². The molecule has 0 saturated carbocycles. The fourth-order valence-electron chi connectivity index (χ4n) is 5.51. The van der Waals surface area contributed by atoms with Crippen molar-refractivity contribution < 1.29 is 53.5 Å². The van der Waals surface area contributed by atoms with E-state index in [1.165, 1.54) is 7.11 Å². The number of nitrogens with one attached hydrogen (secondary N) is 2. The monoisotopic (exact) mass is 731 g/mol. The molecule has 1 aliphatic heterocycles. The number of ether oxygens (including phenoxy) is 1. The van der Waals surface area contributed by atoms with Gasteiger partial charge in [0.15, 0.2) is 0 Å². The van der Waals surface area contributed by atoms with Crippen LogP contribution in [0.3, 0.4) is 0 Å². The molecule has 2 N–H and O–H groups in total. The van der Waals surface area contributed by atoms with Crippen molar-refractivity contribution in [3.63, 3.8) is 0 Å². The molecule has 2 amide bonds. The van der Waals surface area contributed by atoms with Crippen LogP contribution in [0.1, 0.15) is 49.1 Å². The van der Waals surface area contributed by atoms with Crippen LogP contribution in [0.5, 0.6) is 5.75 Å². The lowest BCUT2D eigenvalue weighted by atomic mass is 9.96. The van der Waals surface area contributed by atoms with Crippen LogP contribution in [0.2, 0.25) is 0 Å². The van der Waals surface area contributed by atoms with Crippen molar-refractivity contribution in [2.75, 3.05) is 49.4 Å². The number of carbonyl (C=O) groups is 2. The van der Waals surface area contributed by atoms with E-state index in [2.05, 4.69) is 10.6 Å². The summed E-state index contributed by atoms with van der Waals surface area (Å²) in [6.07, 6.45) is -7.98. The van der Waals surface area contributed by atoms with Crippen LogP contribution >= 0.6 is 11.3 Å². The summed E-state index contributed by atoms with van der Waals surface area (Å²) in [7, 11) is -1.84. The fourth-order valence-corrected chi connectivity index (χ4v) is 7.19. The van der Waals surface area contributed by atoms with Gasteiger partial charge in [0.2, 0.25) is 0 Å². The molecule has 2 heterocycles. The Bertz CT molecular complexity index is 2030. The van der Waals surface area contributed by atoms with E-state index in [0.717, 1.165) is 36.1 Å². The zero-order valence-electron chi connectivity index (χ0n) is 25.8. The molecule has 5 rings (SSSR count). The van der Waals surface area contributed by atoms with Crippen molar-refractivity contribution in [3.8, 4) is 5.75 Å². The van der Waals surface area contributed by atoms with Crippen LogP contribution in [0.25, 0.3) is 10.1 Å². The van der Waals surface area contributed by atoms with Gasteiger partial charge in [0.05, 0.1) is 35.2 Å². The highest BCUT2D eigenvalue weighted by Crippen LogP contribution is 2.41. The molecule has 0 spiro atoms. The van der Waals surface area contributed by atoms with Crippen molar-refractivity contribution in [3.05, 3.63) is 87.5 Å². The second kappa shape index (κ2) is 13.6. The molecule has 1 atom stereocenters. The zero-order chi connectivity index (χ0) is 35.9. The highest BCUT2D eigenvalue weighted by molar-refractivity contribution is 7.90. The van der Waals surface area contributed by atoms with Gasteiger partial charge in [-0.25, -0.2) is 12.8 Å². The quantitative estimate of drug-likeness (QED) is 0.174. The van der Waals surface area contributed by atoms with E-state index in [1.807, 2.05) is 4.90 Å². The molecule has 0 radical (unpaired) electrons. The Morgan fingerprint density at radius 3 is 2.35 bits per heavy atom.